The van der Waals surface area contributed by atoms with Crippen LogP contribution in [0, 0.1) is 0 Å². The molecule has 6 nitrogen and oxygen atoms in total. The van der Waals surface area contributed by atoms with E-state index in [1.165, 1.54) is 13.8 Å². The lowest BCUT2D eigenvalue weighted by Crippen LogP contribution is -2.62. The van der Waals surface area contributed by atoms with Crippen LogP contribution < -0.4 is 11.5 Å². The highest BCUT2D eigenvalue weighted by Gasteiger charge is 2.55. The van der Waals surface area contributed by atoms with Crippen molar-refractivity contribution >= 4 is 30.2 Å². The molecule has 0 heterocycles. The predicted molar refractivity (Wildman–Crippen MR) is 70.3 cm³/mol. The fourth-order valence-corrected chi connectivity index (χ4v) is 1.78. The van der Waals surface area contributed by atoms with Crippen LogP contribution in [0.3, 0.4) is 0 Å². The molecular formula is C11H20N2O4S. The predicted octanol–water partition coefficient (Wildman–Crippen LogP) is -0.558. The molecule has 0 aliphatic carbocycles. The van der Waals surface area contributed by atoms with E-state index in [4.69, 9.17) is 16.2 Å². The first-order chi connectivity index (χ1) is 8.17. The molecule has 0 spiro atoms. The quantitative estimate of drug-likeness (QED) is 0.326. The van der Waals surface area contributed by atoms with Gasteiger partial charge in [-0.15, -0.1) is 0 Å². The van der Waals surface area contributed by atoms with Crippen LogP contribution >= 0.6 is 12.6 Å². The van der Waals surface area contributed by atoms with E-state index in [0.717, 1.165) is 0 Å². The van der Waals surface area contributed by atoms with Gasteiger partial charge in [-0.2, -0.15) is 12.6 Å². The van der Waals surface area contributed by atoms with Gasteiger partial charge in [-0.1, -0.05) is 6.92 Å². The summed E-state index contributed by atoms with van der Waals surface area (Å²) in [4.78, 5) is 35.1. The fraction of sp³-hybridized carbons (Fsp3) is 0.727. The van der Waals surface area contributed by atoms with E-state index in [2.05, 4.69) is 12.6 Å². The molecule has 0 saturated carbocycles. The highest BCUT2D eigenvalue weighted by Crippen LogP contribution is 2.34. The first-order valence-electron chi connectivity index (χ1n) is 5.58. The van der Waals surface area contributed by atoms with Crippen molar-refractivity contribution in [3.05, 3.63) is 0 Å². The highest BCUT2D eigenvalue weighted by atomic mass is 32.1. The van der Waals surface area contributed by atoms with Gasteiger partial charge < -0.3 is 16.2 Å². The molecule has 7 heteroatoms. The topological polar surface area (TPSA) is 112 Å². The van der Waals surface area contributed by atoms with Gasteiger partial charge in [-0.3, -0.25) is 14.4 Å². The van der Waals surface area contributed by atoms with E-state index in [1.807, 2.05) is 0 Å². The van der Waals surface area contributed by atoms with Gasteiger partial charge in [-0.05, 0) is 13.8 Å². The van der Waals surface area contributed by atoms with Gasteiger partial charge in [0, 0.05) is 6.42 Å². The number of hydrogen-bond donors (Lipinski definition) is 3. The summed E-state index contributed by atoms with van der Waals surface area (Å²) < 4.78 is 3.30. The molecule has 0 amide bonds. The first-order valence-corrected chi connectivity index (χ1v) is 6.03. The highest BCUT2D eigenvalue weighted by molar-refractivity contribution is 7.84. The van der Waals surface area contributed by atoms with E-state index >= 15 is 0 Å². The Morgan fingerprint density at radius 1 is 1.11 bits per heavy atom. The Morgan fingerprint density at radius 2 is 1.50 bits per heavy atom. The zero-order valence-corrected chi connectivity index (χ0v) is 11.8. The summed E-state index contributed by atoms with van der Waals surface area (Å²) in [6.07, 6.45) is 0.126. The molecule has 0 aliphatic heterocycles. The Labute approximate surface area is 112 Å². The average molecular weight is 276 g/mol. The lowest BCUT2D eigenvalue weighted by Gasteiger charge is -2.39. The molecule has 0 rings (SSSR count). The number of esters is 1. The van der Waals surface area contributed by atoms with Crippen LogP contribution in [0.1, 0.15) is 27.2 Å². The molecule has 104 valence electrons. The SMILES string of the molecule is CCC(=O)OC(C)(C)C(S)(C(=O)CN)C(=O)CN. The maximum atomic E-state index is 11.9. The molecule has 0 bridgehead atoms. The monoisotopic (exact) mass is 276 g/mol. The van der Waals surface area contributed by atoms with Crippen molar-refractivity contribution in [2.45, 2.75) is 37.5 Å². The molecule has 0 fully saturated rings. The minimum atomic E-state index is -1.83. The van der Waals surface area contributed by atoms with Gasteiger partial charge in [0.2, 0.25) is 0 Å². The number of carbonyl (C=O) groups excluding carboxylic acids is 3. The molecule has 0 aliphatic rings. The van der Waals surface area contributed by atoms with Crippen LogP contribution in [0.2, 0.25) is 0 Å². The standard InChI is InChI=1S/C11H20N2O4S/c1-4-9(16)17-10(2,3)11(18,7(14)5-12)8(15)6-13/h18H,4-6,12-13H2,1-3H3. The number of nitrogens with two attached hydrogens (primary N) is 2. The van der Waals surface area contributed by atoms with E-state index < -0.39 is 27.9 Å². The molecule has 0 radical (unpaired) electrons. The van der Waals surface area contributed by atoms with Crippen molar-refractivity contribution in [1.82, 2.24) is 0 Å². The summed E-state index contributed by atoms with van der Waals surface area (Å²) >= 11 is 4.13. The second kappa shape index (κ2) is 6.31. The molecule has 18 heavy (non-hydrogen) atoms. The van der Waals surface area contributed by atoms with Crippen LogP contribution in [0.15, 0.2) is 0 Å². The second-order valence-corrected chi connectivity index (χ2v) is 4.97. The summed E-state index contributed by atoms with van der Waals surface area (Å²) in [7, 11) is 0. The van der Waals surface area contributed by atoms with Crippen molar-refractivity contribution in [3.63, 3.8) is 0 Å². The van der Waals surface area contributed by atoms with Crippen molar-refractivity contribution in [2.24, 2.45) is 11.5 Å². The first kappa shape index (κ1) is 17.1. The summed E-state index contributed by atoms with van der Waals surface area (Å²) in [6, 6.07) is 0. The van der Waals surface area contributed by atoms with Crippen molar-refractivity contribution in [3.8, 4) is 0 Å². The number of carbonyl (C=O) groups is 3. The molecular weight excluding hydrogens is 256 g/mol. The average Bonchev–Trinajstić information content (AvgIpc) is 2.34. The van der Waals surface area contributed by atoms with Crippen molar-refractivity contribution in [1.29, 1.82) is 0 Å². The normalized spacial score (nSPS) is 12.1. The van der Waals surface area contributed by atoms with E-state index in [-0.39, 0.29) is 19.5 Å². The van der Waals surface area contributed by atoms with Crippen molar-refractivity contribution < 1.29 is 19.1 Å². The second-order valence-electron chi connectivity index (χ2n) is 4.30. The number of ketones is 2. The zero-order chi connectivity index (χ0) is 14.6. The summed E-state index contributed by atoms with van der Waals surface area (Å²) in [5.74, 6) is -1.79. The van der Waals surface area contributed by atoms with Crippen LogP contribution in [0.5, 0.6) is 0 Å². The molecule has 0 atom stereocenters. The van der Waals surface area contributed by atoms with Crippen LogP contribution in [0.25, 0.3) is 0 Å². The number of Topliss-reactive ketones (excluding diaryl/α,β-unsaturated/α-hetero) is 2. The zero-order valence-electron chi connectivity index (χ0n) is 10.9. The van der Waals surface area contributed by atoms with Gasteiger partial charge >= 0.3 is 5.97 Å². The fourth-order valence-electron chi connectivity index (χ4n) is 1.55. The van der Waals surface area contributed by atoms with E-state index in [9.17, 15) is 14.4 Å². The van der Waals surface area contributed by atoms with Gasteiger partial charge in [0.15, 0.2) is 16.3 Å². The lowest BCUT2D eigenvalue weighted by atomic mass is 9.82. The summed E-state index contributed by atoms with van der Waals surface area (Å²) in [5.41, 5.74) is 9.14. The smallest absolute Gasteiger partial charge is 0.306 e. The van der Waals surface area contributed by atoms with Gasteiger partial charge in [0.25, 0.3) is 0 Å². The maximum Gasteiger partial charge on any atom is 0.306 e. The number of rotatable bonds is 7. The Bertz CT molecular complexity index is 339. The molecule has 0 aromatic carbocycles. The third kappa shape index (κ3) is 3.09. The number of thiol groups is 1. The Balaban J connectivity index is 5.50. The van der Waals surface area contributed by atoms with Crippen molar-refractivity contribution in [2.75, 3.05) is 13.1 Å². The largest absolute Gasteiger partial charge is 0.457 e. The van der Waals surface area contributed by atoms with Crippen LogP contribution in [-0.4, -0.2) is 41.0 Å². The third-order valence-corrected chi connectivity index (χ3v) is 3.74. The van der Waals surface area contributed by atoms with E-state index in [0.29, 0.717) is 0 Å². The number of hydrogen-bond acceptors (Lipinski definition) is 7. The van der Waals surface area contributed by atoms with Gasteiger partial charge in [-0.25, -0.2) is 0 Å². The number of ether oxygens (including phenoxy) is 1. The Kier molecular flexibility index (Phi) is 5.98. The lowest BCUT2D eigenvalue weighted by molar-refractivity contribution is -0.162. The minimum absolute atomic E-state index is 0.126. The summed E-state index contributed by atoms with van der Waals surface area (Å²) in [5, 5.41) is 0. The minimum Gasteiger partial charge on any atom is -0.457 e. The van der Waals surface area contributed by atoms with Gasteiger partial charge in [0.1, 0.15) is 5.60 Å². The Morgan fingerprint density at radius 3 is 1.78 bits per heavy atom. The Hall–Kier alpha value is -0.920. The molecule has 0 unspecified atom stereocenters. The summed E-state index contributed by atoms with van der Waals surface area (Å²) in [6.45, 7) is 3.71. The molecule has 0 aromatic rings. The molecule has 4 N–H and O–H groups in total. The van der Waals surface area contributed by atoms with Crippen LogP contribution in [0.4, 0.5) is 0 Å². The molecule has 0 aromatic heterocycles. The third-order valence-electron chi connectivity index (χ3n) is 2.71. The molecule has 0 saturated heterocycles. The maximum absolute atomic E-state index is 11.9. The van der Waals surface area contributed by atoms with E-state index in [1.54, 1.807) is 6.92 Å². The van der Waals surface area contributed by atoms with Gasteiger partial charge in [0.05, 0.1) is 13.1 Å². The van der Waals surface area contributed by atoms with Crippen LogP contribution in [-0.2, 0) is 19.1 Å².